The monoisotopic (exact) mass is 289 g/mol. The highest BCUT2D eigenvalue weighted by molar-refractivity contribution is 5.98. The summed E-state index contributed by atoms with van der Waals surface area (Å²) in [4.78, 5) is 25.7. The Morgan fingerprint density at radius 3 is 2.81 bits per heavy atom. The van der Waals surface area contributed by atoms with Crippen LogP contribution in [0.15, 0.2) is 24.3 Å². The van der Waals surface area contributed by atoms with E-state index in [9.17, 15) is 9.59 Å². The third-order valence-electron chi connectivity index (χ3n) is 3.66. The molecule has 2 amide bonds. The van der Waals surface area contributed by atoms with Crippen molar-refractivity contribution in [2.75, 3.05) is 26.0 Å². The van der Waals surface area contributed by atoms with Crippen LogP contribution in [0.2, 0.25) is 0 Å². The van der Waals surface area contributed by atoms with Crippen LogP contribution in [-0.2, 0) is 4.79 Å². The highest BCUT2D eigenvalue weighted by Gasteiger charge is 2.19. The molecule has 1 aromatic rings. The molecule has 2 rings (SSSR count). The lowest BCUT2D eigenvalue weighted by molar-refractivity contribution is -0.118. The average Bonchev–Trinajstić information content (AvgIpc) is 2.75. The number of hydrogen-bond donors (Lipinski definition) is 2. The van der Waals surface area contributed by atoms with Crippen LogP contribution in [0, 0.1) is 0 Å². The summed E-state index contributed by atoms with van der Waals surface area (Å²) in [6, 6.07) is 6.92. The highest BCUT2D eigenvalue weighted by atomic mass is 16.2. The lowest BCUT2D eigenvalue weighted by Gasteiger charge is -2.16. The summed E-state index contributed by atoms with van der Waals surface area (Å²) >= 11 is 0. The minimum Gasteiger partial charge on any atom is -0.345 e. The van der Waals surface area contributed by atoms with Gasteiger partial charge in [-0.05, 0) is 37.6 Å². The smallest absolute Gasteiger partial charge is 0.253 e. The van der Waals surface area contributed by atoms with Gasteiger partial charge in [-0.2, -0.15) is 0 Å². The van der Waals surface area contributed by atoms with E-state index in [1.54, 1.807) is 38.4 Å². The Morgan fingerprint density at radius 2 is 2.05 bits per heavy atom. The molecular weight excluding hydrogens is 266 g/mol. The quantitative estimate of drug-likeness (QED) is 0.893. The Hall–Kier alpha value is -1.88. The molecule has 2 N–H and O–H groups in total. The molecule has 0 saturated carbocycles. The summed E-state index contributed by atoms with van der Waals surface area (Å²) in [5.41, 5.74) is 1.24. The van der Waals surface area contributed by atoms with E-state index in [2.05, 4.69) is 10.6 Å². The van der Waals surface area contributed by atoms with Crippen molar-refractivity contribution >= 4 is 17.5 Å². The number of anilines is 1. The zero-order valence-electron chi connectivity index (χ0n) is 12.7. The molecule has 1 aliphatic heterocycles. The van der Waals surface area contributed by atoms with Crippen LogP contribution in [-0.4, -0.2) is 43.4 Å². The van der Waals surface area contributed by atoms with E-state index in [0.717, 1.165) is 25.8 Å². The summed E-state index contributed by atoms with van der Waals surface area (Å²) in [6.07, 6.45) is 4.23. The molecule has 1 saturated heterocycles. The summed E-state index contributed by atoms with van der Waals surface area (Å²) in [5, 5.41) is 6.17. The van der Waals surface area contributed by atoms with Crippen LogP contribution in [0.3, 0.4) is 0 Å². The van der Waals surface area contributed by atoms with Gasteiger partial charge in [-0.1, -0.05) is 18.9 Å². The molecular formula is C16H23N3O2. The molecule has 1 aliphatic rings. The first-order valence-electron chi connectivity index (χ1n) is 7.44. The number of hydrogen-bond acceptors (Lipinski definition) is 3. The predicted octanol–water partition coefficient (Wildman–Crippen LogP) is 1.86. The van der Waals surface area contributed by atoms with E-state index in [1.807, 2.05) is 0 Å². The Kier molecular flexibility index (Phi) is 5.33. The molecule has 0 aliphatic carbocycles. The maximum atomic E-state index is 12.3. The number of nitrogens with one attached hydrogen (secondary N) is 2. The van der Waals surface area contributed by atoms with Gasteiger partial charge in [0, 0.05) is 25.3 Å². The van der Waals surface area contributed by atoms with Crippen LogP contribution < -0.4 is 10.6 Å². The SMILES string of the molecule is CN(C)C(=O)c1cccc(NC(=O)C2CCCCCN2)c1. The van der Waals surface area contributed by atoms with E-state index in [-0.39, 0.29) is 17.9 Å². The normalized spacial score (nSPS) is 18.7. The summed E-state index contributed by atoms with van der Waals surface area (Å²) < 4.78 is 0. The molecule has 5 nitrogen and oxygen atoms in total. The molecule has 1 aromatic carbocycles. The van der Waals surface area contributed by atoms with E-state index < -0.39 is 0 Å². The van der Waals surface area contributed by atoms with Crippen LogP contribution >= 0.6 is 0 Å². The molecule has 0 radical (unpaired) electrons. The zero-order valence-corrected chi connectivity index (χ0v) is 12.7. The van der Waals surface area contributed by atoms with Crippen molar-refractivity contribution in [1.82, 2.24) is 10.2 Å². The molecule has 114 valence electrons. The number of rotatable bonds is 3. The van der Waals surface area contributed by atoms with Crippen molar-refractivity contribution in [1.29, 1.82) is 0 Å². The lowest BCUT2D eigenvalue weighted by atomic mass is 10.1. The Labute approximate surface area is 125 Å². The fourth-order valence-electron chi connectivity index (χ4n) is 2.47. The second-order valence-electron chi connectivity index (χ2n) is 5.63. The standard InChI is InChI=1S/C16H23N3O2/c1-19(2)16(21)12-7-6-8-13(11-12)18-15(20)14-9-4-3-5-10-17-14/h6-8,11,14,17H,3-5,9-10H2,1-2H3,(H,18,20). The first-order chi connectivity index (χ1) is 10.1. The Bertz CT molecular complexity index is 506. The molecule has 1 heterocycles. The Morgan fingerprint density at radius 1 is 1.24 bits per heavy atom. The van der Waals surface area contributed by atoms with E-state index in [1.165, 1.54) is 11.3 Å². The van der Waals surface area contributed by atoms with Crippen molar-refractivity contribution < 1.29 is 9.59 Å². The fourth-order valence-corrected chi connectivity index (χ4v) is 2.47. The molecule has 0 bridgehead atoms. The van der Waals surface area contributed by atoms with Gasteiger partial charge in [0.25, 0.3) is 5.91 Å². The molecule has 0 aromatic heterocycles. The number of benzene rings is 1. The van der Waals surface area contributed by atoms with Gasteiger partial charge in [0.2, 0.25) is 5.91 Å². The fraction of sp³-hybridized carbons (Fsp3) is 0.500. The maximum absolute atomic E-state index is 12.3. The minimum atomic E-state index is -0.138. The van der Waals surface area contributed by atoms with Gasteiger partial charge in [-0.15, -0.1) is 0 Å². The van der Waals surface area contributed by atoms with Crippen molar-refractivity contribution in [3.8, 4) is 0 Å². The molecule has 5 heteroatoms. The predicted molar refractivity (Wildman–Crippen MR) is 83.3 cm³/mol. The van der Waals surface area contributed by atoms with Gasteiger partial charge in [0.15, 0.2) is 0 Å². The van der Waals surface area contributed by atoms with E-state index >= 15 is 0 Å². The Balaban J connectivity index is 2.03. The number of carbonyl (C=O) groups is 2. The van der Waals surface area contributed by atoms with Gasteiger partial charge in [0.1, 0.15) is 0 Å². The van der Waals surface area contributed by atoms with Crippen molar-refractivity contribution in [2.24, 2.45) is 0 Å². The minimum absolute atomic E-state index is 0.0219. The first-order valence-corrected chi connectivity index (χ1v) is 7.44. The zero-order chi connectivity index (χ0) is 15.2. The number of nitrogens with zero attached hydrogens (tertiary/aromatic N) is 1. The number of carbonyl (C=O) groups excluding carboxylic acids is 2. The highest BCUT2D eigenvalue weighted by Crippen LogP contribution is 2.14. The summed E-state index contributed by atoms with van der Waals surface area (Å²) in [5.74, 6) is -0.0926. The van der Waals surface area contributed by atoms with Crippen LogP contribution in [0.5, 0.6) is 0 Å². The van der Waals surface area contributed by atoms with Crippen LogP contribution in [0.4, 0.5) is 5.69 Å². The molecule has 1 unspecified atom stereocenters. The molecule has 1 atom stereocenters. The largest absolute Gasteiger partial charge is 0.345 e. The van der Waals surface area contributed by atoms with Crippen LogP contribution in [0.1, 0.15) is 36.0 Å². The topological polar surface area (TPSA) is 61.4 Å². The van der Waals surface area contributed by atoms with Gasteiger partial charge < -0.3 is 15.5 Å². The van der Waals surface area contributed by atoms with Gasteiger partial charge in [-0.3, -0.25) is 9.59 Å². The first kappa shape index (κ1) is 15.5. The second kappa shape index (κ2) is 7.22. The third kappa shape index (κ3) is 4.29. The maximum Gasteiger partial charge on any atom is 0.253 e. The van der Waals surface area contributed by atoms with E-state index in [0.29, 0.717) is 11.3 Å². The summed E-state index contributed by atoms with van der Waals surface area (Å²) in [6.45, 7) is 0.886. The van der Waals surface area contributed by atoms with Crippen molar-refractivity contribution in [3.05, 3.63) is 29.8 Å². The van der Waals surface area contributed by atoms with Crippen molar-refractivity contribution in [2.45, 2.75) is 31.7 Å². The van der Waals surface area contributed by atoms with E-state index in [4.69, 9.17) is 0 Å². The molecule has 1 fully saturated rings. The average molecular weight is 289 g/mol. The van der Waals surface area contributed by atoms with Gasteiger partial charge >= 0.3 is 0 Å². The second-order valence-corrected chi connectivity index (χ2v) is 5.63. The van der Waals surface area contributed by atoms with Gasteiger partial charge in [0.05, 0.1) is 6.04 Å². The molecule has 21 heavy (non-hydrogen) atoms. The lowest BCUT2D eigenvalue weighted by Crippen LogP contribution is -2.39. The van der Waals surface area contributed by atoms with Crippen molar-refractivity contribution in [3.63, 3.8) is 0 Å². The number of amides is 2. The van der Waals surface area contributed by atoms with Crippen LogP contribution in [0.25, 0.3) is 0 Å². The van der Waals surface area contributed by atoms with Gasteiger partial charge in [-0.25, -0.2) is 0 Å². The summed E-state index contributed by atoms with van der Waals surface area (Å²) in [7, 11) is 3.42. The third-order valence-corrected chi connectivity index (χ3v) is 3.66. The molecule has 0 spiro atoms.